The molecule has 0 aromatic heterocycles. The lowest BCUT2D eigenvalue weighted by Gasteiger charge is -2.15. The number of hydrogen-bond donors (Lipinski definition) is 0. The third kappa shape index (κ3) is 2.62. The van der Waals surface area contributed by atoms with E-state index in [2.05, 4.69) is 5.92 Å². The molecule has 0 aliphatic rings. The number of halogens is 3. The minimum absolute atomic E-state index is 0.0500. The Labute approximate surface area is 115 Å². The lowest BCUT2D eigenvalue weighted by Crippen LogP contribution is -2.07. The van der Waals surface area contributed by atoms with Gasteiger partial charge in [0.1, 0.15) is 5.75 Å². The van der Waals surface area contributed by atoms with Crippen LogP contribution >= 0.6 is 0 Å². The summed E-state index contributed by atoms with van der Waals surface area (Å²) in [6.45, 7) is 0. The number of methoxy groups -OCH3 is 1. The maximum absolute atomic E-state index is 13.1. The lowest BCUT2D eigenvalue weighted by atomic mass is 9.97. The molecule has 0 saturated heterocycles. The van der Waals surface area contributed by atoms with Crippen molar-refractivity contribution in [3.8, 4) is 29.2 Å². The molecule has 4 heteroatoms. The van der Waals surface area contributed by atoms with Crippen molar-refractivity contribution in [3.05, 3.63) is 53.6 Å². The summed E-state index contributed by atoms with van der Waals surface area (Å²) in [6.07, 6.45) is 0.862. The summed E-state index contributed by atoms with van der Waals surface area (Å²) in [7, 11) is 1.41. The summed E-state index contributed by atoms with van der Waals surface area (Å²) < 4.78 is 44.3. The first-order valence-corrected chi connectivity index (χ1v) is 5.78. The molecule has 0 saturated carbocycles. The average Bonchev–Trinajstić information content (AvgIpc) is 2.45. The number of rotatable bonds is 2. The van der Waals surface area contributed by atoms with Gasteiger partial charge in [-0.3, -0.25) is 0 Å². The van der Waals surface area contributed by atoms with Crippen LogP contribution in [0.1, 0.15) is 11.1 Å². The molecule has 0 unspecified atom stereocenters. The predicted molar refractivity (Wildman–Crippen MR) is 71.4 cm³/mol. The zero-order valence-electron chi connectivity index (χ0n) is 10.7. The molecule has 0 amide bonds. The second kappa shape index (κ2) is 5.30. The van der Waals surface area contributed by atoms with E-state index in [0.29, 0.717) is 16.9 Å². The van der Waals surface area contributed by atoms with Gasteiger partial charge >= 0.3 is 6.18 Å². The van der Waals surface area contributed by atoms with Gasteiger partial charge in [0, 0.05) is 11.1 Å². The Morgan fingerprint density at radius 3 is 2.35 bits per heavy atom. The molecule has 0 spiro atoms. The van der Waals surface area contributed by atoms with Gasteiger partial charge in [-0.05, 0) is 29.8 Å². The fraction of sp³-hybridized carbons (Fsp3) is 0.125. The van der Waals surface area contributed by atoms with Crippen molar-refractivity contribution in [3.63, 3.8) is 0 Å². The first kappa shape index (κ1) is 14.0. The van der Waals surface area contributed by atoms with Crippen LogP contribution < -0.4 is 4.74 Å². The summed E-state index contributed by atoms with van der Waals surface area (Å²) in [4.78, 5) is 0. The predicted octanol–water partition coefficient (Wildman–Crippen LogP) is 4.36. The maximum atomic E-state index is 13.1. The van der Waals surface area contributed by atoms with E-state index in [9.17, 15) is 13.2 Å². The van der Waals surface area contributed by atoms with Crippen LogP contribution in [0, 0.1) is 12.3 Å². The topological polar surface area (TPSA) is 9.23 Å². The van der Waals surface area contributed by atoms with Crippen LogP contribution in [0.5, 0.6) is 5.75 Å². The Bertz CT molecular complexity index is 666. The van der Waals surface area contributed by atoms with Gasteiger partial charge in [-0.15, -0.1) is 6.42 Å². The van der Waals surface area contributed by atoms with Gasteiger partial charge in [-0.1, -0.05) is 24.1 Å². The second-order valence-corrected chi connectivity index (χ2v) is 4.10. The van der Waals surface area contributed by atoms with Gasteiger partial charge in [-0.25, -0.2) is 0 Å². The normalized spacial score (nSPS) is 10.9. The smallest absolute Gasteiger partial charge is 0.417 e. The van der Waals surface area contributed by atoms with E-state index in [1.165, 1.54) is 25.3 Å². The molecular weight excluding hydrogens is 265 g/mol. The third-order valence-electron chi connectivity index (χ3n) is 2.89. The fourth-order valence-corrected chi connectivity index (χ4v) is 1.97. The van der Waals surface area contributed by atoms with Crippen LogP contribution in [0.25, 0.3) is 11.1 Å². The number of benzene rings is 2. The van der Waals surface area contributed by atoms with Crippen LogP contribution in [0.3, 0.4) is 0 Å². The van der Waals surface area contributed by atoms with Gasteiger partial charge in [0.05, 0.1) is 12.7 Å². The van der Waals surface area contributed by atoms with Crippen molar-refractivity contribution < 1.29 is 17.9 Å². The number of terminal acetylenes is 1. The highest BCUT2D eigenvalue weighted by molar-refractivity contribution is 5.75. The molecule has 0 radical (unpaired) electrons. The van der Waals surface area contributed by atoms with Gasteiger partial charge in [0.2, 0.25) is 0 Å². The highest BCUT2D eigenvalue weighted by Gasteiger charge is 2.33. The summed E-state index contributed by atoms with van der Waals surface area (Å²) in [5.41, 5.74) is 0.162. The van der Waals surface area contributed by atoms with Crippen molar-refractivity contribution in [2.75, 3.05) is 7.11 Å². The molecule has 2 aromatic carbocycles. The van der Waals surface area contributed by atoms with E-state index in [0.717, 1.165) is 6.07 Å². The second-order valence-electron chi connectivity index (χ2n) is 4.10. The molecule has 0 aliphatic carbocycles. The molecule has 102 valence electrons. The van der Waals surface area contributed by atoms with Gasteiger partial charge in [0.15, 0.2) is 0 Å². The highest BCUT2D eigenvalue weighted by atomic mass is 19.4. The summed E-state index contributed by atoms with van der Waals surface area (Å²) in [6, 6.07) is 10.0. The summed E-state index contributed by atoms with van der Waals surface area (Å²) >= 11 is 0. The van der Waals surface area contributed by atoms with Gasteiger partial charge in [-0.2, -0.15) is 13.2 Å². The van der Waals surface area contributed by atoms with Gasteiger partial charge < -0.3 is 4.74 Å². The Hall–Kier alpha value is -2.41. The highest BCUT2D eigenvalue weighted by Crippen LogP contribution is 2.40. The Kier molecular flexibility index (Phi) is 3.71. The van der Waals surface area contributed by atoms with Crippen LogP contribution in [-0.2, 0) is 6.18 Å². The average molecular weight is 276 g/mol. The molecule has 0 bridgehead atoms. The number of alkyl halides is 3. The minimum atomic E-state index is -4.44. The zero-order chi connectivity index (χ0) is 14.8. The molecule has 2 aromatic rings. The Morgan fingerprint density at radius 2 is 1.75 bits per heavy atom. The van der Waals surface area contributed by atoms with Crippen molar-refractivity contribution in [1.29, 1.82) is 0 Å². The molecule has 2 rings (SSSR count). The van der Waals surface area contributed by atoms with E-state index in [4.69, 9.17) is 11.2 Å². The van der Waals surface area contributed by atoms with Crippen LogP contribution in [0.15, 0.2) is 42.5 Å². The van der Waals surface area contributed by atoms with Crippen molar-refractivity contribution in [1.82, 2.24) is 0 Å². The summed E-state index contributed by atoms with van der Waals surface area (Å²) in [5, 5.41) is 0. The van der Waals surface area contributed by atoms with E-state index < -0.39 is 11.7 Å². The third-order valence-corrected chi connectivity index (χ3v) is 2.89. The maximum Gasteiger partial charge on any atom is 0.417 e. The molecule has 0 N–H and O–H groups in total. The number of ether oxygens (including phenoxy) is 1. The van der Waals surface area contributed by atoms with E-state index >= 15 is 0 Å². The summed E-state index contributed by atoms with van der Waals surface area (Å²) in [5.74, 6) is 2.76. The largest absolute Gasteiger partial charge is 0.496 e. The molecule has 0 aliphatic heterocycles. The molecular formula is C16H11F3O. The van der Waals surface area contributed by atoms with E-state index in [-0.39, 0.29) is 5.56 Å². The van der Waals surface area contributed by atoms with Crippen LogP contribution in [0.4, 0.5) is 13.2 Å². The SMILES string of the molecule is C#Cc1ccc(OC)c(-c2ccccc2C(F)(F)F)c1. The zero-order valence-corrected chi connectivity index (χ0v) is 10.7. The molecule has 1 nitrogen and oxygen atoms in total. The quantitative estimate of drug-likeness (QED) is 0.740. The van der Waals surface area contributed by atoms with Crippen molar-refractivity contribution in [2.45, 2.75) is 6.18 Å². The minimum Gasteiger partial charge on any atom is -0.496 e. The van der Waals surface area contributed by atoms with Gasteiger partial charge in [0.25, 0.3) is 0 Å². The van der Waals surface area contributed by atoms with Crippen molar-refractivity contribution >= 4 is 0 Å². The first-order chi connectivity index (χ1) is 9.47. The van der Waals surface area contributed by atoms with Crippen LogP contribution in [-0.4, -0.2) is 7.11 Å². The molecule has 0 heterocycles. The van der Waals surface area contributed by atoms with E-state index in [1.54, 1.807) is 18.2 Å². The van der Waals surface area contributed by atoms with Crippen molar-refractivity contribution in [2.24, 2.45) is 0 Å². The number of hydrogen-bond acceptors (Lipinski definition) is 1. The first-order valence-electron chi connectivity index (χ1n) is 5.78. The monoisotopic (exact) mass is 276 g/mol. The Balaban J connectivity index is 2.72. The molecule has 0 atom stereocenters. The molecule has 20 heavy (non-hydrogen) atoms. The Morgan fingerprint density at radius 1 is 1.05 bits per heavy atom. The van der Waals surface area contributed by atoms with E-state index in [1.807, 2.05) is 0 Å². The van der Waals surface area contributed by atoms with Crippen LogP contribution in [0.2, 0.25) is 0 Å². The molecule has 0 fully saturated rings. The lowest BCUT2D eigenvalue weighted by molar-refractivity contribution is -0.137. The fourth-order valence-electron chi connectivity index (χ4n) is 1.97. The standard InChI is InChI=1S/C16H11F3O/c1-3-11-8-9-15(20-2)13(10-11)12-6-4-5-7-14(12)16(17,18)19/h1,4-10H,2H3.